The van der Waals surface area contributed by atoms with Crippen LogP contribution in [0, 0.1) is 6.42 Å². The summed E-state index contributed by atoms with van der Waals surface area (Å²) < 4.78 is 36.1. The summed E-state index contributed by atoms with van der Waals surface area (Å²) in [6, 6.07) is 0. The number of halogens is 3. The summed E-state index contributed by atoms with van der Waals surface area (Å²) in [5.41, 5.74) is 0. The maximum atomic E-state index is 12.0. The van der Waals surface area contributed by atoms with E-state index in [1.165, 1.54) is 6.42 Å². The van der Waals surface area contributed by atoms with Crippen LogP contribution in [0.3, 0.4) is 0 Å². The van der Waals surface area contributed by atoms with E-state index in [1.54, 1.807) is 0 Å². The van der Waals surface area contributed by atoms with Crippen molar-refractivity contribution in [1.29, 1.82) is 0 Å². The first-order chi connectivity index (χ1) is 4.13. The Labute approximate surface area is 50.7 Å². The minimum absolute atomic E-state index is 0.516. The molecule has 0 aromatic heterocycles. The van der Waals surface area contributed by atoms with Gasteiger partial charge in [-0.3, -0.25) is 0 Å². The van der Waals surface area contributed by atoms with Crippen LogP contribution in [0.2, 0.25) is 0 Å². The zero-order valence-corrected chi connectivity index (χ0v) is 4.44. The Bertz CT molecular complexity index is 167. The summed E-state index contributed by atoms with van der Waals surface area (Å²) in [5, 5.41) is 0. The molecule has 0 saturated heterocycles. The van der Waals surface area contributed by atoms with E-state index in [0.29, 0.717) is 6.08 Å². The number of hydrogen-bond donors (Lipinski definition) is 0. The van der Waals surface area contributed by atoms with Gasteiger partial charge in [0.05, 0.1) is 0 Å². The van der Waals surface area contributed by atoms with Crippen LogP contribution >= 0.6 is 0 Å². The Morgan fingerprint density at radius 1 is 1.33 bits per heavy atom. The Kier molecular flexibility index (Phi) is 1.35. The van der Waals surface area contributed by atoms with E-state index in [4.69, 9.17) is 0 Å². The summed E-state index contributed by atoms with van der Waals surface area (Å²) in [6.45, 7) is 0. The molecule has 0 spiro atoms. The van der Waals surface area contributed by atoms with Gasteiger partial charge in [-0.2, -0.15) is 8.78 Å². The number of allylic oxidation sites excluding steroid dienone is 4. The maximum Gasteiger partial charge on any atom is 0.316 e. The monoisotopic (exact) mass is 133 g/mol. The Balaban J connectivity index is 2.83. The first-order valence-corrected chi connectivity index (χ1v) is 2.39. The van der Waals surface area contributed by atoms with Gasteiger partial charge in [0.25, 0.3) is 0 Å². The van der Waals surface area contributed by atoms with Gasteiger partial charge in [-0.05, 0) is 12.2 Å². The molecule has 0 heterocycles. The molecule has 0 unspecified atom stereocenters. The second-order valence-corrected chi connectivity index (χ2v) is 1.69. The van der Waals surface area contributed by atoms with E-state index in [2.05, 4.69) is 0 Å². The Hall–Kier alpha value is -0.730. The van der Waals surface area contributed by atoms with Crippen molar-refractivity contribution in [2.45, 2.75) is 5.92 Å². The molecule has 0 N–H and O–H groups in total. The van der Waals surface area contributed by atoms with Gasteiger partial charge in [0.1, 0.15) is 0 Å². The zero-order chi connectivity index (χ0) is 6.91. The first-order valence-electron chi connectivity index (χ1n) is 2.39. The minimum atomic E-state index is -3.38. The number of hydrogen-bond acceptors (Lipinski definition) is 0. The van der Waals surface area contributed by atoms with Crippen molar-refractivity contribution in [3.63, 3.8) is 0 Å². The third-order valence-electron chi connectivity index (χ3n) is 0.978. The average molecular weight is 133 g/mol. The number of rotatable bonds is 0. The first kappa shape index (κ1) is 6.39. The second kappa shape index (κ2) is 1.90. The number of alkyl halides is 2. The minimum Gasteiger partial charge on any atom is -0.205 e. The van der Waals surface area contributed by atoms with Crippen molar-refractivity contribution in [3.8, 4) is 0 Å². The lowest BCUT2D eigenvalue weighted by molar-refractivity contribution is 0.0693. The molecule has 9 heavy (non-hydrogen) atoms. The zero-order valence-electron chi connectivity index (χ0n) is 4.44. The Morgan fingerprint density at radius 3 is 2.33 bits per heavy atom. The highest BCUT2D eigenvalue weighted by molar-refractivity contribution is 5.27. The van der Waals surface area contributed by atoms with E-state index >= 15 is 0 Å². The fraction of sp³-hybridized carbons (Fsp3) is 0.167. The van der Waals surface area contributed by atoms with Crippen molar-refractivity contribution in [2.75, 3.05) is 0 Å². The SMILES string of the molecule is FC1=C[CH]C=CC1(F)F. The summed E-state index contributed by atoms with van der Waals surface area (Å²) in [6.07, 6.45) is 3.61. The van der Waals surface area contributed by atoms with Crippen LogP contribution < -0.4 is 0 Å². The molecule has 0 atom stereocenters. The quantitative estimate of drug-likeness (QED) is 0.475. The van der Waals surface area contributed by atoms with Gasteiger partial charge in [-0.15, -0.1) is 0 Å². The van der Waals surface area contributed by atoms with Gasteiger partial charge < -0.3 is 0 Å². The molecule has 0 amide bonds. The molecule has 1 aliphatic rings. The molecular formula is C6H4F3. The van der Waals surface area contributed by atoms with Gasteiger partial charge >= 0.3 is 5.92 Å². The van der Waals surface area contributed by atoms with E-state index in [0.717, 1.165) is 12.2 Å². The molecule has 1 aliphatic carbocycles. The highest BCUT2D eigenvalue weighted by Gasteiger charge is 2.32. The summed E-state index contributed by atoms with van der Waals surface area (Å²) in [4.78, 5) is 0. The molecule has 0 aromatic rings. The van der Waals surface area contributed by atoms with E-state index < -0.39 is 11.7 Å². The van der Waals surface area contributed by atoms with Crippen LogP contribution in [0.4, 0.5) is 13.2 Å². The van der Waals surface area contributed by atoms with Crippen LogP contribution in [0.5, 0.6) is 0 Å². The van der Waals surface area contributed by atoms with E-state index in [9.17, 15) is 13.2 Å². The third kappa shape index (κ3) is 1.15. The fourth-order valence-corrected chi connectivity index (χ4v) is 0.507. The van der Waals surface area contributed by atoms with E-state index in [-0.39, 0.29) is 0 Å². The predicted molar refractivity (Wildman–Crippen MR) is 27.6 cm³/mol. The van der Waals surface area contributed by atoms with Crippen molar-refractivity contribution in [2.24, 2.45) is 0 Å². The fourth-order valence-electron chi connectivity index (χ4n) is 0.507. The molecular weight excluding hydrogens is 129 g/mol. The summed E-state index contributed by atoms with van der Waals surface area (Å²) >= 11 is 0. The lowest BCUT2D eigenvalue weighted by Gasteiger charge is -2.10. The van der Waals surface area contributed by atoms with Crippen molar-refractivity contribution >= 4 is 0 Å². The van der Waals surface area contributed by atoms with Gasteiger partial charge in [0.2, 0.25) is 0 Å². The molecule has 1 radical (unpaired) electrons. The largest absolute Gasteiger partial charge is 0.316 e. The molecule has 0 aromatic carbocycles. The van der Waals surface area contributed by atoms with Gasteiger partial charge in [-0.1, -0.05) is 6.08 Å². The average Bonchev–Trinajstić information content (AvgIpc) is 1.77. The molecule has 0 aliphatic heterocycles. The van der Waals surface area contributed by atoms with Crippen LogP contribution in [0.1, 0.15) is 0 Å². The van der Waals surface area contributed by atoms with Crippen molar-refractivity contribution in [3.05, 3.63) is 30.5 Å². The second-order valence-electron chi connectivity index (χ2n) is 1.69. The molecule has 0 saturated carbocycles. The van der Waals surface area contributed by atoms with Gasteiger partial charge in [-0.25, -0.2) is 4.39 Å². The topological polar surface area (TPSA) is 0 Å². The van der Waals surface area contributed by atoms with Crippen molar-refractivity contribution in [1.82, 2.24) is 0 Å². The summed E-state index contributed by atoms with van der Waals surface area (Å²) in [5.74, 6) is -4.78. The molecule has 1 rings (SSSR count). The van der Waals surface area contributed by atoms with Crippen LogP contribution in [0.15, 0.2) is 24.1 Å². The molecule has 0 bridgehead atoms. The van der Waals surface area contributed by atoms with Crippen LogP contribution in [0.25, 0.3) is 0 Å². The lowest BCUT2D eigenvalue weighted by Crippen LogP contribution is -2.14. The smallest absolute Gasteiger partial charge is 0.205 e. The van der Waals surface area contributed by atoms with Gasteiger partial charge in [0.15, 0.2) is 5.83 Å². The maximum absolute atomic E-state index is 12.0. The standard InChI is InChI=1S/C6H4F3/c7-5-3-1-2-4-6(5,8)9/h1-4H. The van der Waals surface area contributed by atoms with E-state index in [1.807, 2.05) is 0 Å². The van der Waals surface area contributed by atoms with Crippen LogP contribution in [-0.4, -0.2) is 5.92 Å². The third-order valence-corrected chi connectivity index (χ3v) is 0.978. The summed E-state index contributed by atoms with van der Waals surface area (Å²) in [7, 11) is 0. The van der Waals surface area contributed by atoms with Crippen molar-refractivity contribution < 1.29 is 13.2 Å². The molecule has 49 valence electrons. The normalized spacial score (nSPS) is 23.7. The van der Waals surface area contributed by atoms with Crippen LogP contribution in [-0.2, 0) is 0 Å². The molecule has 3 heteroatoms. The lowest BCUT2D eigenvalue weighted by atomic mass is 10.1. The highest BCUT2D eigenvalue weighted by atomic mass is 19.3. The Morgan fingerprint density at radius 2 is 2.00 bits per heavy atom. The predicted octanol–water partition coefficient (Wildman–Crippen LogP) is 2.25. The highest BCUT2D eigenvalue weighted by Crippen LogP contribution is 2.29. The van der Waals surface area contributed by atoms with Gasteiger partial charge in [0, 0.05) is 6.42 Å². The molecule has 0 nitrogen and oxygen atoms in total. The molecule has 0 fully saturated rings.